The van der Waals surface area contributed by atoms with Crippen molar-refractivity contribution in [1.82, 2.24) is 9.78 Å². The molecule has 4 heteroatoms. The normalized spacial score (nSPS) is 15.5. The van der Waals surface area contributed by atoms with Crippen molar-refractivity contribution in [3.05, 3.63) is 16.4 Å². The molecule has 3 nitrogen and oxygen atoms in total. The first-order valence-electron chi connectivity index (χ1n) is 5.03. The molecule has 2 N–H and O–H groups in total. The van der Waals surface area contributed by atoms with Crippen LogP contribution in [0.1, 0.15) is 38.8 Å². The fraction of sp³-hybridized carbons (Fsp3) is 0.700. The van der Waals surface area contributed by atoms with Crippen molar-refractivity contribution < 1.29 is 0 Å². The lowest BCUT2D eigenvalue weighted by Gasteiger charge is -2.16. The van der Waals surface area contributed by atoms with Gasteiger partial charge in [0.05, 0.1) is 16.4 Å². The molecular weight excluding hydrogens is 242 g/mol. The van der Waals surface area contributed by atoms with Gasteiger partial charge in [-0.15, -0.1) is 0 Å². The standard InChI is InChI=1S/C10H18BrN3/c1-4-14-10(9(11)6-13-14)7(2)5-8(3)12/h6-8H,4-5,12H2,1-3H3. The summed E-state index contributed by atoms with van der Waals surface area (Å²) in [5.41, 5.74) is 7.05. The third-order valence-electron chi connectivity index (χ3n) is 2.32. The highest BCUT2D eigenvalue weighted by Crippen LogP contribution is 2.27. The molecule has 14 heavy (non-hydrogen) atoms. The molecule has 0 aromatic carbocycles. The maximum Gasteiger partial charge on any atom is 0.0635 e. The molecule has 0 aliphatic heterocycles. The number of hydrogen-bond donors (Lipinski definition) is 1. The van der Waals surface area contributed by atoms with E-state index in [1.807, 2.05) is 17.8 Å². The quantitative estimate of drug-likeness (QED) is 0.903. The summed E-state index contributed by atoms with van der Waals surface area (Å²) in [5, 5.41) is 4.29. The predicted molar refractivity (Wildman–Crippen MR) is 62.3 cm³/mol. The van der Waals surface area contributed by atoms with Crippen LogP contribution >= 0.6 is 15.9 Å². The monoisotopic (exact) mass is 259 g/mol. The molecule has 1 aromatic rings. The van der Waals surface area contributed by atoms with Crippen molar-refractivity contribution in [2.24, 2.45) is 5.73 Å². The van der Waals surface area contributed by atoms with Gasteiger partial charge in [0.2, 0.25) is 0 Å². The van der Waals surface area contributed by atoms with E-state index in [9.17, 15) is 0 Å². The van der Waals surface area contributed by atoms with Crippen molar-refractivity contribution in [3.63, 3.8) is 0 Å². The van der Waals surface area contributed by atoms with Crippen LogP contribution in [0.15, 0.2) is 10.7 Å². The number of aromatic nitrogens is 2. The molecule has 0 radical (unpaired) electrons. The highest BCUT2D eigenvalue weighted by atomic mass is 79.9. The Hall–Kier alpha value is -0.350. The van der Waals surface area contributed by atoms with Gasteiger partial charge in [0.25, 0.3) is 0 Å². The summed E-state index contributed by atoms with van der Waals surface area (Å²) in [6.45, 7) is 7.24. The van der Waals surface area contributed by atoms with Gasteiger partial charge < -0.3 is 5.73 Å². The van der Waals surface area contributed by atoms with Crippen LogP contribution in [0.5, 0.6) is 0 Å². The van der Waals surface area contributed by atoms with E-state index in [1.54, 1.807) is 0 Å². The van der Waals surface area contributed by atoms with Gasteiger partial charge in [-0.05, 0) is 36.2 Å². The number of hydrogen-bond acceptors (Lipinski definition) is 2. The number of nitrogens with zero attached hydrogens (tertiary/aromatic N) is 2. The summed E-state index contributed by atoms with van der Waals surface area (Å²) < 4.78 is 3.12. The molecule has 0 saturated heterocycles. The van der Waals surface area contributed by atoms with Crippen molar-refractivity contribution in [3.8, 4) is 0 Å². The van der Waals surface area contributed by atoms with E-state index in [0.717, 1.165) is 17.4 Å². The summed E-state index contributed by atoms with van der Waals surface area (Å²) in [6.07, 6.45) is 2.85. The Bertz CT molecular complexity index is 294. The van der Waals surface area contributed by atoms with E-state index < -0.39 is 0 Å². The van der Waals surface area contributed by atoms with Crippen LogP contribution in [0.3, 0.4) is 0 Å². The lowest BCUT2D eigenvalue weighted by Crippen LogP contribution is -2.19. The second kappa shape index (κ2) is 4.94. The second-order valence-corrected chi connectivity index (χ2v) is 4.66. The fourth-order valence-corrected chi connectivity index (χ4v) is 2.47. The van der Waals surface area contributed by atoms with E-state index in [0.29, 0.717) is 5.92 Å². The topological polar surface area (TPSA) is 43.8 Å². The Morgan fingerprint density at radius 2 is 2.21 bits per heavy atom. The number of nitrogens with two attached hydrogens (primary N) is 1. The lowest BCUT2D eigenvalue weighted by atomic mass is 10.00. The molecule has 2 atom stereocenters. The van der Waals surface area contributed by atoms with E-state index in [2.05, 4.69) is 34.9 Å². The summed E-state index contributed by atoms with van der Waals surface area (Å²) in [5.74, 6) is 0.451. The smallest absolute Gasteiger partial charge is 0.0635 e. The molecule has 0 spiro atoms. The molecule has 2 unspecified atom stereocenters. The van der Waals surface area contributed by atoms with Gasteiger partial charge in [-0.1, -0.05) is 6.92 Å². The summed E-state index contributed by atoms with van der Waals surface area (Å²) in [4.78, 5) is 0. The Kier molecular flexibility index (Phi) is 4.13. The van der Waals surface area contributed by atoms with Crippen molar-refractivity contribution >= 4 is 15.9 Å². The van der Waals surface area contributed by atoms with Crippen molar-refractivity contribution in [2.75, 3.05) is 0 Å². The van der Waals surface area contributed by atoms with Gasteiger partial charge >= 0.3 is 0 Å². The first-order valence-corrected chi connectivity index (χ1v) is 5.82. The van der Waals surface area contributed by atoms with Gasteiger partial charge in [0.15, 0.2) is 0 Å². The predicted octanol–water partition coefficient (Wildman–Crippen LogP) is 2.51. The van der Waals surface area contributed by atoms with Crippen LogP contribution in [0.4, 0.5) is 0 Å². The molecule has 80 valence electrons. The second-order valence-electron chi connectivity index (χ2n) is 3.81. The molecule has 0 fully saturated rings. The molecule has 0 aliphatic rings. The SMILES string of the molecule is CCn1ncc(Br)c1C(C)CC(C)N. The average molecular weight is 260 g/mol. The van der Waals surface area contributed by atoms with E-state index >= 15 is 0 Å². The van der Waals surface area contributed by atoms with Gasteiger partial charge in [0.1, 0.15) is 0 Å². The maximum absolute atomic E-state index is 5.80. The minimum Gasteiger partial charge on any atom is -0.328 e. The van der Waals surface area contributed by atoms with Crippen LogP contribution in [0.2, 0.25) is 0 Å². The average Bonchev–Trinajstić information content (AvgIpc) is 2.45. The maximum atomic E-state index is 5.80. The first-order chi connectivity index (χ1) is 6.56. The number of rotatable bonds is 4. The minimum atomic E-state index is 0.233. The molecule has 0 bridgehead atoms. The van der Waals surface area contributed by atoms with Crippen LogP contribution < -0.4 is 5.73 Å². The first kappa shape index (κ1) is 11.7. The largest absolute Gasteiger partial charge is 0.328 e. The molecule has 1 aromatic heterocycles. The van der Waals surface area contributed by atoms with Crippen molar-refractivity contribution in [2.45, 2.75) is 45.7 Å². The molecule has 0 amide bonds. The van der Waals surface area contributed by atoms with Gasteiger partial charge in [-0.25, -0.2) is 0 Å². The molecule has 0 saturated carbocycles. The Morgan fingerprint density at radius 3 is 2.71 bits per heavy atom. The third-order valence-corrected chi connectivity index (χ3v) is 2.94. The molecule has 1 rings (SSSR count). The number of aryl methyl sites for hydroxylation is 1. The minimum absolute atomic E-state index is 0.233. The van der Waals surface area contributed by atoms with Crippen LogP contribution in [-0.2, 0) is 6.54 Å². The lowest BCUT2D eigenvalue weighted by molar-refractivity contribution is 0.524. The molecule has 1 heterocycles. The summed E-state index contributed by atoms with van der Waals surface area (Å²) in [7, 11) is 0. The van der Waals surface area contributed by atoms with E-state index in [4.69, 9.17) is 5.73 Å². The Labute approximate surface area is 93.8 Å². The fourth-order valence-electron chi connectivity index (χ4n) is 1.78. The highest BCUT2D eigenvalue weighted by molar-refractivity contribution is 9.10. The third kappa shape index (κ3) is 2.58. The zero-order valence-corrected chi connectivity index (χ0v) is 10.6. The zero-order valence-electron chi connectivity index (χ0n) is 9.00. The van der Waals surface area contributed by atoms with Crippen LogP contribution in [0, 0.1) is 0 Å². The van der Waals surface area contributed by atoms with Crippen LogP contribution in [-0.4, -0.2) is 15.8 Å². The van der Waals surface area contributed by atoms with Crippen molar-refractivity contribution in [1.29, 1.82) is 0 Å². The Morgan fingerprint density at radius 1 is 1.57 bits per heavy atom. The van der Waals surface area contributed by atoms with Crippen LogP contribution in [0.25, 0.3) is 0 Å². The highest BCUT2D eigenvalue weighted by Gasteiger charge is 2.16. The molecule has 0 aliphatic carbocycles. The summed E-state index contributed by atoms with van der Waals surface area (Å²) in [6, 6.07) is 0.233. The van der Waals surface area contributed by atoms with Gasteiger partial charge in [0, 0.05) is 18.5 Å². The van der Waals surface area contributed by atoms with E-state index in [-0.39, 0.29) is 6.04 Å². The number of halogens is 1. The molecular formula is C10H18BrN3. The zero-order chi connectivity index (χ0) is 10.7. The van der Waals surface area contributed by atoms with Gasteiger partial charge in [-0.2, -0.15) is 5.10 Å². The van der Waals surface area contributed by atoms with E-state index in [1.165, 1.54) is 5.69 Å². The summed E-state index contributed by atoms with van der Waals surface area (Å²) >= 11 is 3.52. The Balaban J connectivity index is 2.86. The van der Waals surface area contributed by atoms with Gasteiger partial charge in [-0.3, -0.25) is 4.68 Å².